The summed E-state index contributed by atoms with van der Waals surface area (Å²) in [5.41, 5.74) is 0.485. The van der Waals surface area contributed by atoms with Gasteiger partial charge < -0.3 is 14.6 Å². The molecule has 5 nitrogen and oxygen atoms in total. The number of rotatable bonds is 2. The van der Waals surface area contributed by atoms with Crippen molar-refractivity contribution in [3.05, 3.63) is 11.6 Å². The lowest BCUT2D eigenvalue weighted by atomic mass is 9.43. The SMILES string of the molecule is CC(=O)O[C@@H]1CC[C@]2(C)[C@H](CC[C@@H]3[C@@H]2CC[C@]2(C)[C@@H](C4=CC(=O)OC4)CC[C@]32O)C1. The Bertz CT molecular complexity index is 788. The van der Waals surface area contributed by atoms with Crippen LogP contribution in [0.4, 0.5) is 0 Å². The Hall–Kier alpha value is -1.36. The molecule has 0 spiro atoms. The highest BCUT2D eigenvalue weighted by atomic mass is 16.5. The van der Waals surface area contributed by atoms with Crippen molar-refractivity contribution in [1.82, 2.24) is 0 Å². The molecular formula is C25H36O5. The van der Waals surface area contributed by atoms with Crippen LogP contribution in [0, 0.1) is 34.5 Å². The Labute approximate surface area is 179 Å². The van der Waals surface area contributed by atoms with Crippen molar-refractivity contribution in [3.8, 4) is 0 Å². The summed E-state index contributed by atoms with van der Waals surface area (Å²) >= 11 is 0. The standard InChI is InChI=1S/C25H36O5/c1-15(26)30-18-6-9-23(2)17(13-18)4-5-21-20(23)7-10-24(3)19(8-11-25(21,24)28)16-12-22(27)29-14-16/h12,17-21,28H,4-11,13-14H2,1-3H3/t17-,18-,19-,20+,21-,23-,24-,25+/m1/s1. The first kappa shape index (κ1) is 20.5. The van der Waals surface area contributed by atoms with Crippen molar-refractivity contribution in [2.75, 3.05) is 6.61 Å². The summed E-state index contributed by atoms with van der Waals surface area (Å²) in [6.45, 7) is 6.64. The van der Waals surface area contributed by atoms with E-state index in [1.165, 1.54) is 6.92 Å². The molecular weight excluding hydrogens is 380 g/mol. The fraction of sp³-hybridized carbons (Fsp3) is 0.840. The lowest BCUT2D eigenvalue weighted by Gasteiger charge is -2.63. The van der Waals surface area contributed by atoms with E-state index in [4.69, 9.17) is 9.47 Å². The summed E-state index contributed by atoms with van der Waals surface area (Å²) < 4.78 is 10.8. The monoisotopic (exact) mass is 416 g/mol. The quantitative estimate of drug-likeness (QED) is 0.684. The first-order valence-corrected chi connectivity index (χ1v) is 11.9. The lowest BCUT2D eigenvalue weighted by molar-refractivity contribution is -0.209. The van der Waals surface area contributed by atoms with Gasteiger partial charge in [-0.3, -0.25) is 4.79 Å². The molecule has 5 heteroatoms. The fourth-order valence-electron chi connectivity index (χ4n) is 8.71. The molecule has 0 aromatic carbocycles. The molecule has 1 heterocycles. The first-order chi connectivity index (χ1) is 14.2. The first-order valence-electron chi connectivity index (χ1n) is 11.9. The number of hydrogen-bond acceptors (Lipinski definition) is 5. The summed E-state index contributed by atoms with van der Waals surface area (Å²) in [4.78, 5) is 23.1. The molecule has 0 aromatic heterocycles. The Balaban J connectivity index is 1.40. The number of esters is 2. The molecule has 30 heavy (non-hydrogen) atoms. The molecule has 5 aliphatic rings. The molecule has 1 aliphatic heterocycles. The van der Waals surface area contributed by atoms with Crippen LogP contribution >= 0.6 is 0 Å². The van der Waals surface area contributed by atoms with Gasteiger partial charge in [-0.25, -0.2) is 4.79 Å². The third kappa shape index (κ3) is 2.76. The number of fused-ring (bicyclic) bond motifs is 5. The molecule has 8 atom stereocenters. The van der Waals surface area contributed by atoms with Crippen molar-refractivity contribution in [3.63, 3.8) is 0 Å². The second kappa shape index (κ2) is 6.82. The Morgan fingerprint density at radius 3 is 2.60 bits per heavy atom. The highest BCUT2D eigenvalue weighted by Gasteiger charge is 2.67. The van der Waals surface area contributed by atoms with Gasteiger partial charge in [-0.2, -0.15) is 0 Å². The zero-order valence-electron chi connectivity index (χ0n) is 18.6. The van der Waals surface area contributed by atoms with Crippen LogP contribution < -0.4 is 0 Å². The molecule has 1 N–H and O–H groups in total. The normalized spacial score (nSPS) is 50.1. The van der Waals surface area contributed by atoms with Gasteiger partial charge >= 0.3 is 11.9 Å². The summed E-state index contributed by atoms with van der Waals surface area (Å²) in [7, 11) is 0. The minimum atomic E-state index is -0.659. The molecule has 5 rings (SSSR count). The van der Waals surface area contributed by atoms with Gasteiger partial charge in [-0.15, -0.1) is 0 Å². The van der Waals surface area contributed by atoms with E-state index in [1.807, 2.05) is 0 Å². The Morgan fingerprint density at radius 1 is 1.10 bits per heavy atom. The number of cyclic esters (lactones) is 1. The molecule has 0 amide bonds. The molecule has 0 unspecified atom stereocenters. The molecule has 0 bridgehead atoms. The average molecular weight is 417 g/mol. The Morgan fingerprint density at radius 2 is 1.90 bits per heavy atom. The van der Waals surface area contributed by atoms with Crippen molar-refractivity contribution in [1.29, 1.82) is 0 Å². The fourth-order valence-corrected chi connectivity index (χ4v) is 8.71. The number of aliphatic hydroxyl groups is 1. The van der Waals surface area contributed by atoms with Crippen molar-refractivity contribution < 1.29 is 24.2 Å². The van der Waals surface area contributed by atoms with Crippen LogP contribution in [0.2, 0.25) is 0 Å². The Kier molecular flexibility index (Phi) is 4.67. The van der Waals surface area contributed by atoms with Gasteiger partial charge in [0, 0.05) is 18.4 Å². The maximum atomic E-state index is 12.2. The zero-order chi connectivity index (χ0) is 21.3. The maximum absolute atomic E-state index is 12.2. The smallest absolute Gasteiger partial charge is 0.331 e. The van der Waals surface area contributed by atoms with E-state index < -0.39 is 5.60 Å². The van der Waals surface area contributed by atoms with Crippen LogP contribution in [0.15, 0.2) is 11.6 Å². The van der Waals surface area contributed by atoms with E-state index in [2.05, 4.69) is 13.8 Å². The summed E-state index contributed by atoms with van der Waals surface area (Å²) in [5, 5.41) is 12.2. The number of hydrogen-bond donors (Lipinski definition) is 1. The van der Waals surface area contributed by atoms with Crippen LogP contribution in [0.1, 0.15) is 78.6 Å². The van der Waals surface area contributed by atoms with Crippen molar-refractivity contribution in [2.45, 2.75) is 90.3 Å². The number of ether oxygens (including phenoxy) is 2. The van der Waals surface area contributed by atoms with Gasteiger partial charge in [0.05, 0.1) is 5.60 Å². The van der Waals surface area contributed by atoms with Crippen LogP contribution in [0.3, 0.4) is 0 Å². The minimum Gasteiger partial charge on any atom is -0.463 e. The summed E-state index contributed by atoms with van der Waals surface area (Å²) in [6, 6.07) is 0. The van der Waals surface area contributed by atoms with E-state index in [0.29, 0.717) is 24.4 Å². The molecule has 4 saturated carbocycles. The summed E-state index contributed by atoms with van der Waals surface area (Å²) in [5.74, 6) is 1.29. The van der Waals surface area contributed by atoms with Crippen molar-refractivity contribution >= 4 is 11.9 Å². The van der Waals surface area contributed by atoms with E-state index in [0.717, 1.165) is 63.4 Å². The van der Waals surface area contributed by atoms with Crippen LogP contribution in [0.5, 0.6) is 0 Å². The highest BCUT2D eigenvalue weighted by molar-refractivity contribution is 5.85. The molecule has 4 aliphatic carbocycles. The minimum absolute atomic E-state index is 0.0665. The molecule has 166 valence electrons. The van der Waals surface area contributed by atoms with Crippen LogP contribution in [0.25, 0.3) is 0 Å². The third-order valence-electron chi connectivity index (χ3n) is 10.3. The number of carbonyl (C=O) groups excluding carboxylic acids is 2. The van der Waals surface area contributed by atoms with E-state index >= 15 is 0 Å². The van der Waals surface area contributed by atoms with Gasteiger partial charge in [0.1, 0.15) is 12.7 Å². The van der Waals surface area contributed by atoms with E-state index in [-0.39, 0.29) is 34.8 Å². The van der Waals surface area contributed by atoms with Gasteiger partial charge in [0.25, 0.3) is 0 Å². The lowest BCUT2D eigenvalue weighted by Crippen LogP contribution is -2.62. The molecule has 0 aromatic rings. The predicted molar refractivity (Wildman–Crippen MR) is 111 cm³/mol. The largest absolute Gasteiger partial charge is 0.463 e. The van der Waals surface area contributed by atoms with Crippen LogP contribution in [-0.2, 0) is 19.1 Å². The zero-order valence-corrected chi connectivity index (χ0v) is 18.6. The maximum Gasteiger partial charge on any atom is 0.331 e. The number of carbonyl (C=O) groups is 2. The van der Waals surface area contributed by atoms with Crippen molar-refractivity contribution in [2.24, 2.45) is 34.5 Å². The van der Waals surface area contributed by atoms with Gasteiger partial charge in [-0.1, -0.05) is 13.8 Å². The second-order valence-electron chi connectivity index (χ2n) is 11.3. The van der Waals surface area contributed by atoms with Gasteiger partial charge in [0.2, 0.25) is 0 Å². The van der Waals surface area contributed by atoms with Gasteiger partial charge in [0.15, 0.2) is 0 Å². The topological polar surface area (TPSA) is 72.8 Å². The van der Waals surface area contributed by atoms with Crippen LogP contribution in [-0.4, -0.2) is 35.4 Å². The van der Waals surface area contributed by atoms with E-state index in [1.54, 1.807) is 6.08 Å². The summed E-state index contributed by atoms with van der Waals surface area (Å²) in [6.07, 6.45) is 10.9. The third-order valence-corrected chi connectivity index (χ3v) is 10.3. The molecule has 0 radical (unpaired) electrons. The van der Waals surface area contributed by atoms with Gasteiger partial charge in [-0.05, 0) is 92.4 Å². The predicted octanol–water partition coefficient (Wildman–Crippen LogP) is 4.18. The molecule has 0 saturated heterocycles. The average Bonchev–Trinajstić information content (AvgIpc) is 3.22. The molecule has 4 fully saturated rings. The second-order valence-corrected chi connectivity index (χ2v) is 11.3. The van der Waals surface area contributed by atoms with E-state index in [9.17, 15) is 14.7 Å². The highest BCUT2D eigenvalue weighted by Crippen LogP contribution is 2.69.